The molecule has 0 aliphatic rings. The minimum absolute atomic E-state index is 0.266. The third kappa shape index (κ3) is 2.24. The van der Waals surface area contributed by atoms with Gasteiger partial charge >= 0.3 is 0 Å². The van der Waals surface area contributed by atoms with Gasteiger partial charge in [0.1, 0.15) is 6.54 Å². The van der Waals surface area contributed by atoms with E-state index in [9.17, 15) is 0 Å². The van der Waals surface area contributed by atoms with Crippen LogP contribution in [0.4, 0.5) is 0 Å². The molecular weight excluding hydrogens is 262 g/mol. The highest BCUT2D eigenvalue weighted by Gasteiger charge is 2.12. The van der Waals surface area contributed by atoms with Gasteiger partial charge in [0.25, 0.3) is 0 Å². The maximum atomic E-state index is 6.24. The largest absolute Gasteiger partial charge is 0.337 e. The summed E-state index contributed by atoms with van der Waals surface area (Å²) in [6, 6.07) is 7.89. The highest BCUT2D eigenvalue weighted by molar-refractivity contribution is 6.35. The second-order valence-electron chi connectivity index (χ2n) is 4.82. The normalized spacial score (nSPS) is 11.6. The lowest BCUT2D eigenvalue weighted by Gasteiger charge is -2.03. The summed E-state index contributed by atoms with van der Waals surface area (Å²) >= 11 is 6.24. The Morgan fingerprint density at radius 2 is 2.16 bits per heavy atom. The van der Waals surface area contributed by atoms with Crippen LogP contribution in [0.5, 0.6) is 0 Å². The van der Waals surface area contributed by atoms with Gasteiger partial charge in [0.05, 0.1) is 10.5 Å². The van der Waals surface area contributed by atoms with E-state index in [2.05, 4.69) is 10.1 Å². The van der Waals surface area contributed by atoms with Crippen molar-refractivity contribution in [3.8, 4) is 0 Å². The molecular formula is C14H14ClN3O. The van der Waals surface area contributed by atoms with Gasteiger partial charge in [-0.2, -0.15) is 4.98 Å². The molecule has 0 amide bonds. The van der Waals surface area contributed by atoms with Crippen LogP contribution in [0, 0.1) is 0 Å². The molecule has 0 saturated heterocycles. The summed E-state index contributed by atoms with van der Waals surface area (Å²) in [5, 5.41) is 5.80. The van der Waals surface area contributed by atoms with E-state index in [4.69, 9.17) is 16.1 Å². The topological polar surface area (TPSA) is 43.9 Å². The molecule has 5 heteroatoms. The molecule has 4 nitrogen and oxygen atoms in total. The number of rotatable bonds is 3. The SMILES string of the molecule is CC(C)c1noc(Cn2ccc3cccc(Cl)c32)n1. The van der Waals surface area contributed by atoms with Crippen molar-refractivity contribution in [3.63, 3.8) is 0 Å². The van der Waals surface area contributed by atoms with E-state index in [0.29, 0.717) is 12.4 Å². The van der Waals surface area contributed by atoms with Gasteiger partial charge < -0.3 is 9.09 Å². The highest BCUT2D eigenvalue weighted by atomic mass is 35.5. The Kier molecular flexibility index (Phi) is 3.03. The molecule has 3 rings (SSSR count). The Hall–Kier alpha value is -1.81. The zero-order valence-electron chi connectivity index (χ0n) is 10.8. The van der Waals surface area contributed by atoms with E-state index >= 15 is 0 Å². The summed E-state index contributed by atoms with van der Waals surface area (Å²) in [6.45, 7) is 4.61. The van der Waals surface area contributed by atoms with E-state index < -0.39 is 0 Å². The van der Waals surface area contributed by atoms with Crippen molar-refractivity contribution in [2.45, 2.75) is 26.3 Å². The minimum atomic E-state index is 0.266. The molecule has 0 saturated carbocycles. The van der Waals surface area contributed by atoms with Crippen molar-refractivity contribution in [2.24, 2.45) is 0 Å². The summed E-state index contributed by atoms with van der Waals surface area (Å²) in [4.78, 5) is 4.38. The standard InChI is InChI=1S/C14H14ClN3O/c1-9(2)14-16-12(19-17-14)8-18-7-6-10-4-3-5-11(15)13(10)18/h3-7,9H,8H2,1-2H3. The number of nitrogens with zero attached hydrogens (tertiary/aromatic N) is 3. The van der Waals surface area contributed by atoms with Crippen LogP contribution in [-0.4, -0.2) is 14.7 Å². The zero-order valence-corrected chi connectivity index (χ0v) is 11.6. The molecule has 2 aromatic heterocycles. The van der Waals surface area contributed by atoms with E-state index in [1.54, 1.807) is 0 Å². The Bertz CT molecular complexity index is 714. The Morgan fingerprint density at radius 3 is 2.89 bits per heavy atom. The summed E-state index contributed by atoms with van der Waals surface area (Å²) < 4.78 is 7.29. The number of fused-ring (bicyclic) bond motifs is 1. The van der Waals surface area contributed by atoms with Gasteiger partial charge in [-0.05, 0) is 12.1 Å². The molecule has 1 aromatic carbocycles. The first kappa shape index (κ1) is 12.2. The van der Waals surface area contributed by atoms with E-state index in [-0.39, 0.29) is 5.92 Å². The van der Waals surface area contributed by atoms with Crippen molar-refractivity contribution >= 4 is 22.5 Å². The third-order valence-corrected chi connectivity index (χ3v) is 3.35. The summed E-state index contributed by atoms with van der Waals surface area (Å²) in [5.74, 6) is 1.60. The molecule has 0 unspecified atom stereocenters. The molecule has 0 aliphatic carbocycles. The first-order valence-electron chi connectivity index (χ1n) is 6.21. The van der Waals surface area contributed by atoms with Crippen molar-refractivity contribution in [2.75, 3.05) is 0 Å². The quantitative estimate of drug-likeness (QED) is 0.729. The van der Waals surface area contributed by atoms with Crippen molar-refractivity contribution in [3.05, 3.63) is 47.2 Å². The van der Waals surface area contributed by atoms with Crippen molar-refractivity contribution in [1.82, 2.24) is 14.7 Å². The Labute approximate surface area is 116 Å². The molecule has 3 aromatic rings. The smallest absolute Gasteiger partial charge is 0.246 e. The van der Waals surface area contributed by atoms with E-state index in [0.717, 1.165) is 21.7 Å². The number of aromatic nitrogens is 3. The molecule has 0 aliphatic heterocycles. The fraction of sp³-hybridized carbons (Fsp3) is 0.286. The number of hydrogen-bond donors (Lipinski definition) is 0. The number of benzene rings is 1. The van der Waals surface area contributed by atoms with Gasteiger partial charge in [0, 0.05) is 17.5 Å². The molecule has 0 atom stereocenters. The molecule has 2 heterocycles. The van der Waals surface area contributed by atoms with Crippen LogP contribution in [0.25, 0.3) is 10.9 Å². The molecule has 19 heavy (non-hydrogen) atoms. The van der Waals surface area contributed by atoms with E-state index in [1.807, 2.05) is 48.9 Å². The van der Waals surface area contributed by atoms with Crippen LogP contribution in [-0.2, 0) is 6.54 Å². The third-order valence-electron chi connectivity index (χ3n) is 3.05. The lowest BCUT2D eigenvalue weighted by Crippen LogP contribution is -1.99. The average molecular weight is 276 g/mol. The van der Waals surface area contributed by atoms with Gasteiger partial charge in [-0.15, -0.1) is 0 Å². The van der Waals surface area contributed by atoms with Crippen LogP contribution in [0.1, 0.15) is 31.5 Å². The number of halogens is 1. The van der Waals surface area contributed by atoms with Gasteiger partial charge in [0.2, 0.25) is 5.89 Å². The van der Waals surface area contributed by atoms with Gasteiger partial charge in [-0.25, -0.2) is 0 Å². The maximum absolute atomic E-state index is 6.24. The second-order valence-corrected chi connectivity index (χ2v) is 5.23. The van der Waals surface area contributed by atoms with Crippen LogP contribution < -0.4 is 0 Å². The monoisotopic (exact) mass is 275 g/mol. The van der Waals surface area contributed by atoms with Crippen LogP contribution in [0.15, 0.2) is 35.0 Å². The number of para-hydroxylation sites is 1. The lowest BCUT2D eigenvalue weighted by molar-refractivity contribution is 0.366. The molecule has 0 bridgehead atoms. The highest BCUT2D eigenvalue weighted by Crippen LogP contribution is 2.25. The fourth-order valence-electron chi connectivity index (χ4n) is 2.06. The molecule has 98 valence electrons. The summed E-state index contributed by atoms with van der Waals surface area (Å²) in [6.07, 6.45) is 1.98. The minimum Gasteiger partial charge on any atom is -0.337 e. The average Bonchev–Trinajstić information content (AvgIpc) is 2.98. The lowest BCUT2D eigenvalue weighted by atomic mass is 10.2. The van der Waals surface area contributed by atoms with Crippen LogP contribution >= 0.6 is 11.6 Å². The Balaban J connectivity index is 1.96. The zero-order chi connectivity index (χ0) is 13.4. The maximum Gasteiger partial charge on any atom is 0.246 e. The number of hydrogen-bond acceptors (Lipinski definition) is 3. The molecule has 0 spiro atoms. The van der Waals surface area contributed by atoms with Gasteiger partial charge in [-0.3, -0.25) is 0 Å². The van der Waals surface area contributed by atoms with Crippen LogP contribution in [0.2, 0.25) is 5.02 Å². The van der Waals surface area contributed by atoms with Crippen molar-refractivity contribution < 1.29 is 4.52 Å². The fourth-order valence-corrected chi connectivity index (χ4v) is 2.35. The summed E-state index contributed by atoms with van der Waals surface area (Å²) in [5.41, 5.74) is 0.994. The Morgan fingerprint density at radius 1 is 1.32 bits per heavy atom. The molecule has 0 N–H and O–H groups in total. The second kappa shape index (κ2) is 4.70. The first-order chi connectivity index (χ1) is 9.15. The molecule has 0 radical (unpaired) electrons. The van der Waals surface area contributed by atoms with Gasteiger partial charge in [-0.1, -0.05) is 42.7 Å². The molecule has 0 fully saturated rings. The predicted molar refractivity (Wildman–Crippen MR) is 74.4 cm³/mol. The first-order valence-corrected chi connectivity index (χ1v) is 6.59. The van der Waals surface area contributed by atoms with Gasteiger partial charge in [0.15, 0.2) is 5.82 Å². The predicted octanol–water partition coefficient (Wildman–Crippen LogP) is 3.85. The van der Waals surface area contributed by atoms with E-state index in [1.165, 1.54) is 0 Å². The van der Waals surface area contributed by atoms with Crippen LogP contribution in [0.3, 0.4) is 0 Å². The van der Waals surface area contributed by atoms with Crippen molar-refractivity contribution in [1.29, 1.82) is 0 Å². The summed E-state index contributed by atoms with van der Waals surface area (Å²) in [7, 11) is 0.